The molecule has 0 saturated carbocycles. The molecule has 0 aromatic rings. The van der Waals surface area contributed by atoms with Crippen molar-refractivity contribution in [3.63, 3.8) is 0 Å². The van der Waals surface area contributed by atoms with Gasteiger partial charge in [-0.1, -0.05) is 0 Å². The normalized spacial score (nSPS) is 34.6. The summed E-state index contributed by atoms with van der Waals surface area (Å²) in [6.07, 6.45) is 2.91. The summed E-state index contributed by atoms with van der Waals surface area (Å²) in [5.74, 6) is 1.86. The molecule has 21 heavy (non-hydrogen) atoms. The van der Waals surface area contributed by atoms with Gasteiger partial charge in [0, 0.05) is 12.3 Å². The number of nitrogens with two attached hydrogens (primary N) is 1. The number of hydrogen-bond donors (Lipinski definition) is 2. The summed E-state index contributed by atoms with van der Waals surface area (Å²) >= 11 is 1.79. The Morgan fingerprint density at radius 2 is 2.05 bits per heavy atom. The number of carbonyl (C=O) groups is 1. The molecule has 0 spiro atoms. The van der Waals surface area contributed by atoms with Crippen LogP contribution in [0.25, 0.3) is 0 Å². The number of β-amino-alcohol motifs (C(OH)–C–C–N with tert-alkyl or cyclic N) is 1. The molecule has 0 aliphatic carbocycles. The minimum absolute atomic E-state index is 0.277. The summed E-state index contributed by atoms with van der Waals surface area (Å²) in [4.78, 5) is 13.8. The summed E-state index contributed by atoms with van der Waals surface area (Å²) in [6, 6.07) is 0. The molecular weight excluding hydrogens is 288 g/mol. The van der Waals surface area contributed by atoms with Gasteiger partial charge in [0.1, 0.15) is 11.2 Å². The summed E-state index contributed by atoms with van der Waals surface area (Å²) in [7, 11) is 0. The first-order chi connectivity index (χ1) is 9.65. The second kappa shape index (κ2) is 5.97. The Balaban J connectivity index is 2.07. The lowest BCUT2D eigenvalue weighted by Crippen LogP contribution is -2.69. The van der Waals surface area contributed by atoms with Crippen molar-refractivity contribution in [1.82, 2.24) is 4.90 Å². The molecule has 2 atom stereocenters. The number of thioether (sulfide) groups is 1. The van der Waals surface area contributed by atoms with E-state index in [1.165, 1.54) is 0 Å². The predicted molar refractivity (Wildman–Crippen MR) is 85.5 cm³/mol. The van der Waals surface area contributed by atoms with Crippen molar-refractivity contribution in [2.45, 2.75) is 63.2 Å². The van der Waals surface area contributed by atoms with E-state index in [1.54, 1.807) is 16.7 Å². The van der Waals surface area contributed by atoms with Crippen LogP contribution < -0.4 is 5.73 Å². The maximum atomic E-state index is 12.2. The largest absolute Gasteiger partial charge is 0.444 e. The summed E-state index contributed by atoms with van der Waals surface area (Å²) in [5, 5.41) is 11.1. The molecule has 3 N–H and O–H groups in total. The van der Waals surface area contributed by atoms with Crippen molar-refractivity contribution in [3.8, 4) is 0 Å². The highest BCUT2D eigenvalue weighted by Crippen LogP contribution is 2.38. The quantitative estimate of drug-likeness (QED) is 0.773. The van der Waals surface area contributed by atoms with Gasteiger partial charge in [-0.15, -0.1) is 0 Å². The molecule has 2 heterocycles. The standard InChI is InChI=1S/C15H28N2O3S/c1-13(2,3)20-12(18)17-8-4-7-15(19,10-17)14(16)6-5-9-21-11-14/h19H,4-11,16H2,1-3H3. The number of piperidine rings is 1. The summed E-state index contributed by atoms with van der Waals surface area (Å²) in [6.45, 7) is 6.45. The Morgan fingerprint density at radius 3 is 2.62 bits per heavy atom. The van der Waals surface area contributed by atoms with Gasteiger partial charge < -0.3 is 20.5 Å². The van der Waals surface area contributed by atoms with Gasteiger partial charge in [0.05, 0.1) is 12.1 Å². The van der Waals surface area contributed by atoms with E-state index < -0.39 is 16.7 Å². The van der Waals surface area contributed by atoms with Gasteiger partial charge in [-0.3, -0.25) is 0 Å². The molecule has 0 aromatic heterocycles. The smallest absolute Gasteiger partial charge is 0.410 e. The van der Waals surface area contributed by atoms with Crippen LogP contribution in [0.5, 0.6) is 0 Å². The van der Waals surface area contributed by atoms with Gasteiger partial charge >= 0.3 is 6.09 Å². The second-order valence-corrected chi connectivity index (χ2v) is 8.45. The maximum absolute atomic E-state index is 12.2. The number of ether oxygens (including phenoxy) is 1. The van der Waals surface area contributed by atoms with Crippen molar-refractivity contribution in [2.75, 3.05) is 24.6 Å². The van der Waals surface area contributed by atoms with Crippen LogP contribution in [-0.4, -0.2) is 57.4 Å². The third-order valence-corrected chi connectivity index (χ3v) is 5.62. The average Bonchev–Trinajstić information content (AvgIpc) is 2.37. The Bertz CT molecular complexity index is 391. The zero-order valence-electron chi connectivity index (χ0n) is 13.4. The molecule has 2 fully saturated rings. The molecule has 2 unspecified atom stereocenters. The second-order valence-electron chi connectivity index (χ2n) is 7.35. The number of likely N-dealkylation sites (tertiary alicyclic amines) is 1. The first kappa shape index (κ1) is 16.9. The van der Waals surface area contributed by atoms with E-state index in [0.29, 0.717) is 13.0 Å². The predicted octanol–water partition coefficient (Wildman–Crippen LogP) is 1.97. The average molecular weight is 316 g/mol. The zero-order valence-corrected chi connectivity index (χ0v) is 14.2. The Kier molecular flexibility index (Phi) is 4.81. The highest BCUT2D eigenvalue weighted by Gasteiger charge is 2.51. The minimum Gasteiger partial charge on any atom is -0.444 e. The molecule has 2 aliphatic rings. The fourth-order valence-electron chi connectivity index (χ4n) is 3.11. The molecule has 6 heteroatoms. The van der Waals surface area contributed by atoms with Crippen LogP contribution in [0.1, 0.15) is 46.5 Å². The van der Waals surface area contributed by atoms with Gasteiger partial charge in [-0.25, -0.2) is 4.79 Å². The van der Waals surface area contributed by atoms with E-state index in [2.05, 4.69) is 0 Å². The molecule has 2 aliphatic heterocycles. The topological polar surface area (TPSA) is 75.8 Å². The van der Waals surface area contributed by atoms with Crippen molar-refractivity contribution < 1.29 is 14.6 Å². The molecule has 2 rings (SSSR count). The Morgan fingerprint density at radius 1 is 1.33 bits per heavy atom. The van der Waals surface area contributed by atoms with Gasteiger partial charge in [0.2, 0.25) is 0 Å². The van der Waals surface area contributed by atoms with E-state index in [0.717, 1.165) is 30.8 Å². The number of carbonyl (C=O) groups excluding carboxylic acids is 1. The number of hydrogen-bond acceptors (Lipinski definition) is 5. The van der Waals surface area contributed by atoms with Crippen LogP contribution >= 0.6 is 11.8 Å². The molecular formula is C15H28N2O3S. The van der Waals surface area contributed by atoms with Gasteiger partial charge in [0.15, 0.2) is 0 Å². The fraction of sp³-hybridized carbons (Fsp3) is 0.933. The summed E-state index contributed by atoms with van der Waals surface area (Å²) < 4.78 is 5.42. The van der Waals surface area contributed by atoms with E-state index in [4.69, 9.17) is 10.5 Å². The van der Waals surface area contributed by atoms with Gasteiger partial charge in [-0.2, -0.15) is 11.8 Å². The van der Waals surface area contributed by atoms with Crippen LogP contribution in [0.2, 0.25) is 0 Å². The van der Waals surface area contributed by atoms with Crippen LogP contribution in [0, 0.1) is 0 Å². The molecule has 1 amide bonds. The minimum atomic E-state index is -1.00. The van der Waals surface area contributed by atoms with E-state index in [-0.39, 0.29) is 12.6 Å². The van der Waals surface area contributed by atoms with Crippen LogP contribution in [0.4, 0.5) is 4.79 Å². The SMILES string of the molecule is CC(C)(C)OC(=O)N1CCCC(O)(C2(N)CCCSC2)C1. The molecule has 0 bridgehead atoms. The number of aliphatic hydroxyl groups is 1. The number of nitrogens with zero attached hydrogens (tertiary/aromatic N) is 1. The van der Waals surface area contributed by atoms with E-state index in [1.807, 2.05) is 20.8 Å². The van der Waals surface area contributed by atoms with E-state index in [9.17, 15) is 9.90 Å². The lowest BCUT2D eigenvalue weighted by Gasteiger charge is -2.51. The molecule has 0 radical (unpaired) electrons. The van der Waals surface area contributed by atoms with Crippen molar-refractivity contribution in [1.29, 1.82) is 0 Å². The highest BCUT2D eigenvalue weighted by atomic mass is 32.2. The molecule has 5 nitrogen and oxygen atoms in total. The van der Waals surface area contributed by atoms with Gasteiger partial charge in [0.25, 0.3) is 0 Å². The van der Waals surface area contributed by atoms with Crippen molar-refractivity contribution in [3.05, 3.63) is 0 Å². The van der Waals surface area contributed by atoms with Crippen molar-refractivity contribution >= 4 is 17.9 Å². The van der Waals surface area contributed by atoms with E-state index >= 15 is 0 Å². The third kappa shape index (κ3) is 3.85. The third-order valence-electron chi connectivity index (χ3n) is 4.32. The molecule has 0 aromatic carbocycles. The fourth-order valence-corrected chi connectivity index (χ4v) is 4.38. The number of amides is 1. The zero-order chi connectivity index (χ0) is 15.7. The summed E-state index contributed by atoms with van der Waals surface area (Å²) in [5.41, 5.74) is 4.38. The molecule has 2 saturated heterocycles. The van der Waals surface area contributed by atoms with Crippen molar-refractivity contribution in [2.24, 2.45) is 5.73 Å². The highest BCUT2D eigenvalue weighted by molar-refractivity contribution is 7.99. The Labute approximate surface area is 131 Å². The lowest BCUT2D eigenvalue weighted by atomic mass is 9.73. The first-order valence-corrected chi connectivity index (χ1v) is 8.88. The van der Waals surface area contributed by atoms with Gasteiger partial charge in [-0.05, 0) is 52.2 Å². The van der Waals surface area contributed by atoms with Crippen LogP contribution in [0.15, 0.2) is 0 Å². The van der Waals surface area contributed by atoms with Crippen LogP contribution in [0.3, 0.4) is 0 Å². The first-order valence-electron chi connectivity index (χ1n) is 7.72. The Hall–Kier alpha value is -0.460. The maximum Gasteiger partial charge on any atom is 0.410 e. The monoisotopic (exact) mass is 316 g/mol. The number of rotatable bonds is 1. The van der Waals surface area contributed by atoms with Crippen LogP contribution in [-0.2, 0) is 4.74 Å². The lowest BCUT2D eigenvalue weighted by molar-refractivity contribution is -0.0853. The molecule has 122 valence electrons.